The van der Waals surface area contributed by atoms with Gasteiger partial charge >= 0.3 is 0 Å². The topological polar surface area (TPSA) is 49.4 Å². The molecule has 0 aromatic heterocycles. The highest BCUT2D eigenvalue weighted by Gasteiger charge is 2.28. The normalized spacial score (nSPS) is 17.5. The first-order valence-corrected chi connectivity index (χ1v) is 7.41. The second-order valence-electron chi connectivity index (χ2n) is 5.33. The zero-order valence-electron chi connectivity index (χ0n) is 12.0. The number of hydrogen-bond acceptors (Lipinski definition) is 2. The van der Waals surface area contributed by atoms with Gasteiger partial charge in [0, 0.05) is 17.1 Å². The van der Waals surface area contributed by atoms with Gasteiger partial charge in [-0.1, -0.05) is 30.7 Å². The van der Waals surface area contributed by atoms with Crippen molar-refractivity contribution in [2.24, 2.45) is 5.92 Å². The summed E-state index contributed by atoms with van der Waals surface area (Å²) in [6.07, 6.45) is 0. The molecule has 22 heavy (non-hydrogen) atoms. The molecule has 4 nitrogen and oxygen atoms in total. The molecule has 2 aromatic rings. The molecule has 0 spiro atoms. The quantitative estimate of drug-likeness (QED) is 0.874. The SMILES string of the molecule is C[C@@H]1CN(C(=O)c2ccc(Cl)cc2)c2ccccc2NC1=O. The van der Waals surface area contributed by atoms with Crippen LogP contribution in [0.4, 0.5) is 11.4 Å². The van der Waals surface area contributed by atoms with Crippen LogP contribution in [0.1, 0.15) is 17.3 Å². The van der Waals surface area contributed by atoms with Gasteiger partial charge in [-0.05, 0) is 36.4 Å². The zero-order valence-corrected chi connectivity index (χ0v) is 12.8. The molecule has 1 heterocycles. The number of nitrogens with zero attached hydrogens (tertiary/aromatic N) is 1. The highest BCUT2D eigenvalue weighted by molar-refractivity contribution is 6.30. The van der Waals surface area contributed by atoms with Crippen molar-refractivity contribution in [2.75, 3.05) is 16.8 Å². The summed E-state index contributed by atoms with van der Waals surface area (Å²) < 4.78 is 0. The molecule has 2 amide bonds. The third-order valence-corrected chi connectivity index (χ3v) is 3.95. The average Bonchev–Trinajstić information content (AvgIpc) is 2.65. The van der Waals surface area contributed by atoms with Crippen LogP contribution < -0.4 is 10.2 Å². The molecule has 0 saturated carbocycles. The van der Waals surface area contributed by atoms with Gasteiger partial charge in [0.15, 0.2) is 0 Å². The van der Waals surface area contributed by atoms with Crippen molar-refractivity contribution in [3.8, 4) is 0 Å². The molecule has 0 bridgehead atoms. The lowest BCUT2D eigenvalue weighted by molar-refractivity contribution is -0.119. The predicted octanol–water partition coefficient (Wildman–Crippen LogP) is 3.58. The van der Waals surface area contributed by atoms with E-state index in [4.69, 9.17) is 11.6 Å². The van der Waals surface area contributed by atoms with Crippen molar-refractivity contribution >= 4 is 34.8 Å². The first-order chi connectivity index (χ1) is 10.6. The number of fused-ring (bicyclic) bond motifs is 1. The van der Waals surface area contributed by atoms with E-state index in [9.17, 15) is 9.59 Å². The summed E-state index contributed by atoms with van der Waals surface area (Å²) in [5.41, 5.74) is 1.90. The Hall–Kier alpha value is -2.33. The summed E-state index contributed by atoms with van der Waals surface area (Å²) in [5, 5.41) is 3.45. The molecule has 0 unspecified atom stereocenters. The number of hydrogen-bond donors (Lipinski definition) is 1. The Labute approximate surface area is 133 Å². The minimum Gasteiger partial charge on any atom is -0.324 e. The van der Waals surface area contributed by atoms with Crippen molar-refractivity contribution in [1.82, 2.24) is 0 Å². The van der Waals surface area contributed by atoms with Crippen molar-refractivity contribution in [3.05, 3.63) is 59.1 Å². The summed E-state index contributed by atoms with van der Waals surface area (Å²) in [5.74, 6) is -0.519. The third-order valence-electron chi connectivity index (χ3n) is 3.69. The van der Waals surface area contributed by atoms with Gasteiger partial charge in [-0.3, -0.25) is 9.59 Å². The van der Waals surface area contributed by atoms with E-state index in [-0.39, 0.29) is 17.7 Å². The van der Waals surface area contributed by atoms with Crippen LogP contribution >= 0.6 is 11.6 Å². The summed E-state index contributed by atoms with van der Waals surface area (Å²) >= 11 is 5.87. The predicted molar refractivity (Wildman–Crippen MR) is 87.4 cm³/mol. The highest BCUT2D eigenvalue weighted by Crippen LogP contribution is 2.31. The summed E-state index contributed by atoms with van der Waals surface area (Å²) in [6.45, 7) is 2.15. The van der Waals surface area contributed by atoms with Gasteiger partial charge in [-0.25, -0.2) is 0 Å². The van der Waals surface area contributed by atoms with Crippen LogP contribution in [0.25, 0.3) is 0 Å². The Kier molecular flexibility index (Phi) is 3.86. The molecular formula is C17H15ClN2O2. The van der Waals surface area contributed by atoms with Gasteiger partial charge in [0.05, 0.1) is 17.3 Å². The fraction of sp³-hybridized carbons (Fsp3) is 0.176. The van der Waals surface area contributed by atoms with E-state index in [0.29, 0.717) is 28.5 Å². The average molecular weight is 315 g/mol. The maximum Gasteiger partial charge on any atom is 0.258 e. The van der Waals surface area contributed by atoms with Gasteiger partial charge in [0.2, 0.25) is 5.91 Å². The lowest BCUT2D eigenvalue weighted by Gasteiger charge is -2.23. The number of rotatable bonds is 1. The Morgan fingerprint density at radius 1 is 1.18 bits per heavy atom. The maximum atomic E-state index is 12.8. The lowest BCUT2D eigenvalue weighted by atomic mass is 10.1. The van der Waals surface area contributed by atoms with Crippen LogP contribution in [0.2, 0.25) is 5.02 Å². The highest BCUT2D eigenvalue weighted by atomic mass is 35.5. The molecule has 112 valence electrons. The van der Waals surface area contributed by atoms with Gasteiger partial charge < -0.3 is 10.2 Å². The van der Waals surface area contributed by atoms with Crippen LogP contribution in [0, 0.1) is 5.92 Å². The largest absolute Gasteiger partial charge is 0.324 e. The molecule has 2 aromatic carbocycles. The van der Waals surface area contributed by atoms with Crippen molar-refractivity contribution in [3.63, 3.8) is 0 Å². The van der Waals surface area contributed by atoms with Crippen LogP contribution in [-0.4, -0.2) is 18.4 Å². The molecule has 1 atom stereocenters. The molecule has 0 aliphatic carbocycles. The van der Waals surface area contributed by atoms with Crippen LogP contribution in [0.3, 0.4) is 0 Å². The van der Waals surface area contributed by atoms with E-state index in [2.05, 4.69) is 5.32 Å². The molecule has 1 N–H and O–H groups in total. The number of benzene rings is 2. The fourth-order valence-corrected chi connectivity index (χ4v) is 2.59. The van der Waals surface area contributed by atoms with E-state index in [1.54, 1.807) is 35.2 Å². The summed E-state index contributed by atoms with van der Waals surface area (Å²) in [7, 11) is 0. The summed E-state index contributed by atoms with van der Waals surface area (Å²) in [6, 6.07) is 14.1. The van der Waals surface area contributed by atoms with E-state index >= 15 is 0 Å². The number of carbonyl (C=O) groups is 2. The number of anilines is 2. The molecular weight excluding hydrogens is 300 g/mol. The van der Waals surface area contributed by atoms with E-state index in [0.717, 1.165) is 0 Å². The van der Waals surface area contributed by atoms with Crippen LogP contribution in [0.5, 0.6) is 0 Å². The van der Waals surface area contributed by atoms with Gasteiger partial charge in [0.25, 0.3) is 5.91 Å². The van der Waals surface area contributed by atoms with Crippen LogP contribution in [-0.2, 0) is 4.79 Å². The number of carbonyl (C=O) groups excluding carboxylic acids is 2. The number of para-hydroxylation sites is 2. The molecule has 5 heteroatoms. The molecule has 3 rings (SSSR count). The van der Waals surface area contributed by atoms with E-state index in [1.165, 1.54) is 0 Å². The molecule has 1 aliphatic heterocycles. The smallest absolute Gasteiger partial charge is 0.258 e. The second-order valence-corrected chi connectivity index (χ2v) is 5.77. The van der Waals surface area contributed by atoms with E-state index < -0.39 is 0 Å². The first kappa shape index (κ1) is 14.6. The standard InChI is InChI=1S/C17H15ClN2O2/c1-11-10-20(17(22)12-6-8-13(18)9-7-12)15-5-3-2-4-14(15)19-16(11)21/h2-9,11H,10H2,1H3,(H,19,21)/t11-/m1/s1. The Balaban J connectivity index is 2.02. The number of halogens is 1. The van der Waals surface area contributed by atoms with Crippen LogP contribution in [0.15, 0.2) is 48.5 Å². The Morgan fingerprint density at radius 3 is 2.59 bits per heavy atom. The molecule has 0 radical (unpaired) electrons. The van der Waals surface area contributed by atoms with Gasteiger partial charge in [0.1, 0.15) is 0 Å². The third kappa shape index (κ3) is 2.70. The molecule has 0 fully saturated rings. The number of nitrogens with one attached hydrogen (secondary N) is 1. The second kappa shape index (κ2) is 5.81. The van der Waals surface area contributed by atoms with Crippen molar-refractivity contribution in [2.45, 2.75) is 6.92 Å². The minimum absolute atomic E-state index is 0.0844. The van der Waals surface area contributed by atoms with Gasteiger partial charge in [-0.2, -0.15) is 0 Å². The van der Waals surface area contributed by atoms with Gasteiger partial charge in [-0.15, -0.1) is 0 Å². The summed E-state index contributed by atoms with van der Waals surface area (Å²) in [4.78, 5) is 26.5. The first-order valence-electron chi connectivity index (χ1n) is 7.03. The maximum absolute atomic E-state index is 12.8. The van der Waals surface area contributed by atoms with Crippen molar-refractivity contribution < 1.29 is 9.59 Å². The van der Waals surface area contributed by atoms with E-state index in [1.807, 2.05) is 25.1 Å². The zero-order chi connectivity index (χ0) is 15.7. The lowest BCUT2D eigenvalue weighted by Crippen LogP contribution is -2.35. The molecule has 0 saturated heterocycles. The Morgan fingerprint density at radius 2 is 1.86 bits per heavy atom. The monoisotopic (exact) mass is 314 g/mol. The molecule has 1 aliphatic rings. The minimum atomic E-state index is -0.288. The number of amides is 2. The fourth-order valence-electron chi connectivity index (χ4n) is 2.47. The van der Waals surface area contributed by atoms with Crippen molar-refractivity contribution in [1.29, 1.82) is 0 Å². The Bertz CT molecular complexity index is 728.